The number of carboxylic acids is 1. The molecule has 1 aromatic heterocycles. The number of halogens is 1. The normalized spacial score (nSPS) is 20.4. The standard InChI is InChI=1S/C25H28ClNO7/c1-25(12-32-13-25)22-16-9-17(24(29)30)23(28)27(14-5-3-6-14)21(16)15-10-18(26)20(11-19(15)34-22)33-8-4-7-31-2/h9-11,14,22H,3-8,12-13H2,1-2H3,(H,29,30). The van der Waals surface area contributed by atoms with E-state index in [0.29, 0.717) is 66.2 Å². The third-order valence-corrected chi connectivity index (χ3v) is 7.29. The number of hydrogen-bond acceptors (Lipinski definition) is 6. The lowest BCUT2D eigenvalue weighted by molar-refractivity contribution is -0.156. The average molecular weight is 490 g/mol. The molecule has 182 valence electrons. The first-order chi connectivity index (χ1) is 16.3. The maximum Gasteiger partial charge on any atom is 0.341 e. The molecule has 5 rings (SSSR count). The van der Waals surface area contributed by atoms with Crippen molar-refractivity contribution in [1.29, 1.82) is 0 Å². The summed E-state index contributed by atoms with van der Waals surface area (Å²) in [4.78, 5) is 25.4. The van der Waals surface area contributed by atoms with Crippen molar-refractivity contribution >= 4 is 17.6 Å². The molecule has 0 radical (unpaired) electrons. The lowest BCUT2D eigenvalue weighted by Crippen LogP contribution is -2.48. The quantitative estimate of drug-likeness (QED) is 0.546. The van der Waals surface area contributed by atoms with Gasteiger partial charge in [-0.3, -0.25) is 4.79 Å². The Hall–Kier alpha value is -2.55. The van der Waals surface area contributed by atoms with Gasteiger partial charge in [0.05, 0.1) is 36.0 Å². The summed E-state index contributed by atoms with van der Waals surface area (Å²) in [7, 11) is 1.64. The Balaban J connectivity index is 1.69. The van der Waals surface area contributed by atoms with Crippen LogP contribution in [-0.2, 0) is 9.47 Å². The summed E-state index contributed by atoms with van der Waals surface area (Å²) in [6, 6.07) is 4.95. The number of benzene rings is 1. The zero-order chi connectivity index (χ0) is 24.0. The van der Waals surface area contributed by atoms with E-state index in [1.165, 1.54) is 6.07 Å². The fourth-order valence-corrected chi connectivity index (χ4v) is 5.10. The number of ether oxygens (including phenoxy) is 4. The monoisotopic (exact) mass is 489 g/mol. The first-order valence-corrected chi connectivity index (χ1v) is 11.9. The average Bonchev–Trinajstić information content (AvgIpc) is 2.75. The van der Waals surface area contributed by atoms with Crippen LogP contribution in [0.3, 0.4) is 0 Å². The number of carbonyl (C=O) groups is 1. The number of hydrogen-bond donors (Lipinski definition) is 1. The van der Waals surface area contributed by atoms with Crippen LogP contribution in [0, 0.1) is 5.41 Å². The van der Waals surface area contributed by atoms with Crippen LogP contribution in [0.1, 0.15) is 60.7 Å². The maximum atomic E-state index is 13.4. The molecular weight excluding hydrogens is 462 g/mol. The van der Waals surface area contributed by atoms with E-state index in [4.69, 9.17) is 30.5 Å². The van der Waals surface area contributed by atoms with E-state index in [1.807, 2.05) is 6.92 Å². The molecule has 2 fully saturated rings. The molecule has 0 amide bonds. The number of carboxylic acid groups (broad SMARTS) is 1. The van der Waals surface area contributed by atoms with Gasteiger partial charge in [-0.2, -0.15) is 0 Å². The molecule has 1 aromatic carbocycles. The molecule has 34 heavy (non-hydrogen) atoms. The second kappa shape index (κ2) is 8.91. The minimum absolute atomic E-state index is 0.0543. The molecular formula is C25H28ClNO7. The lowest BCUT2D eigenvalue weighted by atomic mass is 9.76. The highest BCUT2D eigenvalue weighted by Gasteiger charge is 2.48. The van der Waals surface area contributed by atoms with Crippen molar-refractivity contribution in [3.8, 4) is 22.8 Å². The van der Waals surface area contributed by atoms with Gasteiger partial charge in [0.2, 0.25) is 0 Å². The van der Waals surface area contributed by atoms with Crippen LogP contribution in [0.25, 0.3) is 11.3 Å². The van der Waals surface area contributed by atoms with Crippen molar-refractivity contribution in [2.75, 3.05) is 33.5 Å². The van der Waals surface area contributed by atoms with E-state index in [-0.39, 0.29) is 17.0 Å². The number of aromatic nitrogens is 1. The van der Waals surface area contributed by atoms with Crippen molar-refractivity contribution in [3.05, 3.63) is 44.7 Å². The molecule has 0 spiro atoms. The molecule has 1 saturated carbocycles. The van der Waals surface area contributed by atoms with Crippen molar-refractivity contribution in [1.82, 2.24) is 4.57 Å². The Kier molecular flexibility index (Phi) is 6.08. The van der Waals surface area contributed by atoms with Crippen molar-refractivity contribution in [3.63, 3.8) is 0 Å². The van der Waals surface area contributed by atoms with Crippen LogP contribution >= 0.6 is 11.6 Å². The molecule has 8 nitrogen and oxygen atoms in total. The smallest absolute Gasteiger partial charge is 0.341 e. The van der Waals surface area contributed by atoms with Gasteiger partial charge in [0.1, 0.15) is 23.2 Å². The Labute approximate surface area is 202 Å². The Morgan fingerprint density at radius 2 is 2.03 bits per heavy atom. The van der Waals surface area contributed by atoms with Crippen molar-refractivity contribution in [2.24, 2.45) is 5.41 Å². The molecule has 2 aromatic rings. The summed E-state index contributed by atoms with van der Waals surface area (Å²) in [6.07, 6.45) is 2.88. The summed E-state index contributed by atoms with van der Waals surface area (Å²) in [6.45, 7) is 4.02. The molecule has 0 bridgehead atoms. The lowest BCUT2D eigenvalue weighted by Gasteiger charge is -2.47. The molecule has 1 N–H and O–H groups in total. The van der Waals surface area contributed by atoms with Crippen LogP contribution in [0.2, 0.25) is 5.02 Å². The van der Waals surface area contributed by atoms with Gasteiger partial charge in [-0.25, -0.2) is 4.79 Å². The molecule has 3 aliphatic rings. The molecule has 1 saturated heterocycles. The molecule has 1 atom stereocenters. The minimum Gasteiger partial charge on any atom is -0.492 e. The highest BCUT2D eigenvalue weighted by Crippen LogP contribution is 2.53. The fraction of sp³-hybridized carbons (Fsp3) is 0.520. The SMILES string of the molecule is COCCCOc1cc2c(cc1Cl)-c1c(cc(C(=O)O)c(=O)n1C1CCC1)C(C1(C)COC1)O2. The topological polar surface area (TPSA) is 96.2 Å². The van der Waals surface area contributed by atoms with Crippen molar-refractivity contribution < 1.29 is 28.8 Å². The van der Waals surface area contributed by atoms with Gasteiger partial charge < -0.3 is 28.6 Å². The van der Waals surface area contributed by atoms with E-state index in [0.717, 1.165) is 19.3 Å². The van der Waals surface area contributed by atoms with Gasteiger partial charge in [0.15, 0.2) is 0 Å². The van der Waals surface area contributed by atoms with Gasteiger partial charge >= 0.3 is 5.97 Å². The van der Waals surface area contributed by atoms with E-state index in [9.17, 15) is 14.7 Å². The van der Waals surface area contributed by atoms with Crippen LogP contribution < -0.4 is 15.0 Å². The molecule has 1 aliphatic carbocycles. The zero-order valence-corrected chi connectivity index (χ0v) is 20.0. The number of nitrogens with zero attached hydrogens (tertiary/aromatic N) is 1. The summed E-state index contributed by atoms with van der Waals surface area (Å²) in [5.74, 6) is -0.181. The Morgan fingerprint density at radius 1 is 1.26 bits per heavy atom. The predicted molar refractivity (Wildman–Crippen MR) is 125 cm³/mol. The molecule has 1 unspecified atom stereocenters. The third-order valence-electron chi connectivity index (χ3n) is 7.00. The summed E-state index contributed by atoms with van der Waals surface area (Å²) < 4.78 is 24.6. The summed E-state index contributed by atoms with van der Waals surface area (Å²) >= 11 is 6.59. The van der Waals surface area contributed by atoms with Crippen LogP contribution in [0.5, 0.6) is 11.5 Å². The Morgan fingerprint density at radius 3 is 2.62 bits per heavy atom. The second-order valence-electron chi connectivity index (χ2n) is 9.55. The number of pyridine rings is 1. The van der Waals surface area contributed by atoms with E-state index in [1.54, 1.807) is 23.8 Å². The van der Waals surface area contributed by atoms with E-state index in [2.05, 4.69) is 0 Å². The fourth-order valence-electron chi connectivity index (χ4n) is 4.88. The first-order valence-electron chi connectivity index (χ1n) is 11.6. The predicted octanol–water partition coefficient (Wildman–Crippen LogP) is 4.48. The molecule has 9 heteroatoms. The third kappa shape index (κ3) is 3.78. The number of aromatic carboxylic acids is 1. The number of fused-ring (bicyclic) bond motifs is 3. The summed E-state index contributed by atoms with van der Waals surface area (Å²) in [5.41, 5.74) is 0.955. The minimum atomic E-state index is -1.24. The first kappa shape index (κ1) is 23.2. The van der Waals surface area contributed by atoms with Gasteiger partial charge in [-0.05, 0) is 31.4 Å². The Bertz CT molecular complexity index is 1180. The number of rotatable bonds is 8. The summed E-state index contributed by atoms with van der Waals surface area (Å²) in [5, 5.41) is 10.2. The second-order valence-corrected chi connectivity index (χ2v) is 9.95. The van der Waals surface area contributed by atoms with E-state index >= 15 is 0 Å². The zero-order valence-electron chi connectivity index (χ0n) is 19.3. The highest BCUT2D eigenvalue weighted by atomic mass is 35.5. The van der Waals surface area contributed by atoms with Crippen LogP contribution in [0.15, 0.2) is 23.0 Å². The van der Waals surface area contributed by atoms with Gasteiger partial charge in [0, 0.05) is 43.4 Å². The van der Waals surface area contributed by atoms with Gasteiger partial charge in [0.25, 0.3) is 5.56 Å². The largest absolute Gasteiger partial charge is 0.492 e. The molecule has 3 heterocycles. The van der Waals surface area contributed by atoms with Crippen LogP contribution in [-0.4, -0.2) is 49.2 Å². The maximum absolute atomic E-state index is 13.4. The van der Waals surface area contributed by atoms with Gasteiger partial charge in [-0.1, -0.05) is 18.5 Å². The van der Waals surface area contributed by atoms with Crippen molar-refractivity contribution in [2.45, 2.75) is 44.8 Å². The molecule has 2 aliphatic heterocycles. The highest BCUT2D eigenvalue weighted by molar-refractivity contribution is 6.32. The van der Waals surface area contributed by atoms with Gasteiger partial charge in [-0.15, -0.1) is 0 Å². The van der Waals surface area contributed by atoms with E-state index < -0.39 is 17.6 Å². The van der Waals surface area contributed by atoms with Crippen LogP contribution in [0.4, 0.5) is 0 Å². The number of methoxy groups -OCH3 is 1.